The summed E-state index contributed by atoms with van der Waals surface area (Å²) in [6, 6.07) is 60.4. The molecule has 1 fully saturated rings. The Hall–Kier alpha value is -6.78. The zero-order valence-electron chi connectivity index (χ0n) is 52.4. The van der Waals surface area contributed by atoms with E-state index in [-0.39, 0.29) is 50.7 Å². The SMILES string of the molecule is CC(C)(C)c1ccc(CC(c2ccc(C(C)(C)C)cc2)c2cc3c4c(c2)N2c5c(cc(C(C)(C)C)cc5C5(C)CCCCC25C)B4c2ccc4c(oc5cc(C(C)(C)C)ccc54)c2N3c2ccc(C(C)(C)C)cc2-c2ccccc2)cc1. The molecule has 3 nitrogen and oxygen atoms in total. The van der Waals surface area contributed by atoms with Gasteiger partial charge in [-0.2, -0.15) is 0 Å². The van der Waals surface area contributed by atoms with Crippen molar-refractivity contribution in [2.75, 3.05) is 9.80 Å². The maximum Gasteiger partial charge on any atom is 0.252 e. The van der Waals surface area contributed by atoms with Gasteiger partial charge in [-0.3, -0.25) is 0 Å². The first-order chi connectivity index (χ1) is 38.5. The highest BCUT2D eigenvalue weighted by atomic mass is 16.3. The van der Waals surface area contributed by atoms with Gasteiger partial charge in [0.25, 0.3) is 6.71 Å². The van der Waals surface area contributed by atoms with Crippen molar-refractivity contribution in [2.24, 2.45) is 0 Å². The third-order valence-electron chi connectivity index (χ3n) is 20.4. The molecule has 0 bridgehead atoms. The molecule has 3 atom stereocenters. The fourth-order valence-corrected chi connectivity index (χ4v) is 15.1. The summed E-state index contributed by atoms with van der Waals surface area (Å²) in [5.41, 5.74) is 26.8. The number of benzene rings is 8. The van der Waals surface area contributed by atoms with Crippen molar-refractivity contribution in [1.29, 1.82) is 0 Å². The normalized spacial score (nSPS) is 19.1. The highest BCUT2D eigenvalue weighted by Crippen LogP contribution is 2.63. The van der Waals surface area contributed by atoms with Crippen molar-refractivity contribution in [1.82, 2.24) is 0 Å². The van der Waals surface area contributed by atoms with E-state index in [9.17, 15) is 0 Å². The topological polar surface area (TPSA) is 19.6 Å². The Morgan fingerprint density at radius 2 is 1.06 bits per heavy atom. The van der Waals surface area contributed by atoms with Crippen LogP contribution in [0.2, 0.25) is 0 Å². The lowest BCUT2D eigenvalue weighted by molar-refractivity contribution is 0.195. The van der Waals surface area contributed by atoms with Crippen LogP contribution < -0.4 is 26.2 Å². The lowest BCUT2D eigenvalue weighted by Gasteiger charge is -2.53. The van der Waals surface area contributed by atoms with Gasteiger partial charge < -0.3 is 14.2 Å². The van der Waals surface area contributed by atoms with Gasteiger partial charge in [0.05, 0.1) is 16.9 Å². The molecule has 1 aliphatic carbocycles. The first-order valence-electron chi connectivity index (χ1n) is 30.9. The van der Waals surface area contributed by atoms with E-state index in [1.807, 2.05) is 0 Å². The Morgan fingerprint density at radius 1 is 0.488 bits per heavy atom. The molecule has 4 aliphatic rings. The largest absolute Gasteiger partial charge is 0.454 e. The maximum absolute atomic E-state index is 7.60. The molecule has 0 saturated heterocycles. The second-order valence-corrected chi connectivity index (χ2v) is 31.0. The van der Waals surface area contributed by atoms with Crippen LogP contribution in [0.1, 0.15) is 199 Å². The number of hydrogen-bond acceptors (Lipinski definition) is 3. The van der Waals surface area contributed by atoms with Gasteiger partial charge in [0, 0.05) is 44.7 Å². The van der Waals surface area contributed by atoms with Gasteiger partial charge in [-0.1, -0.05) is 245 Å². The van der Waals surface area contributed by atoms with Crippen molar-refractivity contribution in [3.05, 3.63) is 202 Å². The molecule has 3 aliphatic heterocycles. The molecule has 0 radical (unpaired) electrons. The Kier molecular flexibility index (Phi) is 12.2. The van der Waals surface area contributed by atoms with Gasteiger partial charge in [-0.15, -0.1) is 0 Å². The van der Waals surface area contributed by atoms with Crippen LogP contribution in [-0.2, 0) is 38.9 Å². The fraction of sp³-hybridized carbons (Fsp3) is 0.385. The van der Waals surface area contributed by atoms with Crippen LogP contribution >= 0.6 is 0 Å². The van der Waals surface area contributed by atoms with Gasteiger partial charge in [0.15, 0.2) is 5.58 Å². The Bertz CT molecular complexity index is 4010. The van der Waals surface area contributed by atoms with Crippen molar-refractivity contribution >= 4 is 73.5 Å². The van der Waals surface area contributed by atoms with Crippen LogP contribution in [0.5, 0.6) is 0 Å². The molecule has 9 aromatic rings. The molecule has 1 aromatic heterocycles. The lowest BCUT2D eigenvalue weighted by atomic mass is 9.33. The van der Waals surface area contributed by atoms with Gasteiger partial charge >= 0.3 is 0 Å². The molecule has 82 heavy (non-hydrogen) atoms. The molecule has 4 heterocycles. The zero-order chi connectivity index (χ0) is 58.0. The van der Waals surface area contributed by atoms with Crippen LogP contribution in [-0.4, -0.2) is 12.3 Å². The molecule has 8 aromatic carbocycles. The molecule has 0 spiro atoms. The number of anilines is 5. The van der Waals surface area contributed by atoms with E-state index in [4.69, 9.17) is 4.42 Å². The van der Waals surface area contributed by atoms with E-state index < -0.39 is 0 Å². The quantitative estimate of drug-likeness (QED) is 0.155. The van der Waals surface area contributed by atoms with Crippen molar-refractivity contribution in [3.63, 3.8) is 0 Å². The zero-order valence-corrected chi connectivity index (χ0v) is 52.4. The fourth-order valence-electron chi connectivity index (χ4n) is 15.1. The summed E-state index contributed by atoms with van der Waals surface area (Å²) < 4.78 is 7.60. The smallest absolute Gasteiger partial charge is 0.252 e. The number of rotatable bonds is 6. The van der Waals surface area contributed by atoms with Crippen LogP contribution in [0.25, 0.3) is 33.1 Å². The average molecular weight is 1080 g/mol. The summed E-state index contributed by atoms with van der Waals surface area (Å²) in [5.74, 6) is 0.0460. The standard InChI is InChI=1S/C78H87BN2O/c1-72(2,3)52-29-25-48(26-30-52)41-59(50-27-31-53(32-28-50)73(4,5)6)51-42-65-68-66(43-51)81-69-61(77(16)39-21-22-40-78(77,81)17)45-56(76(13,14)15)46-63(69)79(68)62-37-36-58-57-35-33-55(75(10,11)12)47-67(57)82-71(58)70(62)80(65)64-38-34-54(74(7,8)9)44-60(64)49-23-19-18-20-24-49/h18-20,23-38,42-47,59H,21-22,39-41H2,1-17H3. The third-order valence-corrected chi connectivity index (χ3v) is 20.4. The van der Waals surface area contributed by atoms with Crippen molar-refractivity contribution < 1.29 is 4.42 Å². The van der Waals surface area contributed by atoms with E-state index in [2.05, 4.69) is 279 Å². The summed E-state index contributed by atoms with van der Waals surface area (Å²) >= 11 is 0. The Balaban J connectivity index is 1.19. The summed E-state index contributed by atoms with van der Waals surface area (Å²) in [4.78, 5) is 5.64. The first-order valence-corrected chi connectivity index (χ1v) is 30.9. The minimum atomic E-state index is -0.162. The number of furan rings is 1. The van der Waals surface area contributed by atoms with Crippen LogP contribution in [0.15, 0.2) is 156 Å². The van der Waals surface area contributed by atoms with Crippen LogP contribution in [0.4, 0.5) is 28.4 Å². The van der Waals surface area contributed by atoms with Crippen LogP contribution in [0, 0.1) is 0 Å². The van der Waals surface area contributed by atoms with Crippen molar-refractivity contribution in [2.45, 2.75) is 194 Å². The Morgan fingerprint density at radius 3 is 1.71 bits per heavy atom. The molecular formula is C78H87BN2O. The highest BCUT2D eigenvalue weighted by molar-refractivity contribution is 7.00. The minimum Gasteiger partial charge on any atom is -0.454 e. The lowest BCUT2D eigenvalue weighted by Crippen LogP contribution is -2.64. The minimum absolute atomic E-state index is 0.0286. The van der Waals surface area contributed by atoms with Crippen molar-refractivity contribution in [3.8, 4) is 11.1 Å². The van der Waals surface area contributed by atoms with E-state index in [1.54, 1.807) is 0 Å². The Labute approximate surface area is 491 Å². The second kappa shape index (κ2) is 18.4. The predicted octanol–water partition coefficient (Wildman–Crippen LogP) is 19.5. The monoisotopic (exact) mass is 1080 g/mol. The molecular weight excluding hydrogens is 992 g/mol. The molecule has 3 unspecified atom stereocenters. The van der Waals surface area contributed by atoms with Gasteiger partial charge in [0.1, 0.15) is 5.58 Å². The summed E-state index contributed by atoms with van der Waals surface area (Å²) in [5, 5.41) is 2.31. The summed E-state index contributed by atoms with van der Waals surface area (Å²) in [7, 11) is 0. The third kappa shape index (κ3) is 8.48. The van der Waals surface area contributed by atoms with Gasteiger partial charge in [-0.05, 0) is 156 Å². The molecule has 4 heteroatoms. The molecule has 0 amide bonds. The van der Waals surface area contributed by atoms with Gasteiger partial charge in [0.2, 0.25) is 0 Å². The molecule has 1 saturated carbocycles. The molecule has 418 valence electrons. The number of fused-ring (bicyclic) bond motifs is 11. The summed E-state index contributed by atoms with van der Waals surface area (Å²) in [6.45, 7) is 40.4. The number of hydrogen-bond donors (Lipinski definition) is 0. The highest BCUT2D eigenvalue weighted by Gasteiger charge is 2.62. The van der Waals surface area contributed by atoms with E-state index in [0.717, 1.165) is 46.2 Å². The maximum atomic E-state index is 7.60. The van der Waals surface area contributed by atoms with Gasteiger partial charge in [-0.25, -0.2) is 0 Å². The second-order valence-electron chi connectivity index (χ2n) is 31.0. The average Bonchev–Trinajstić information content (AvgIpc) is 1.45. The van der Waals surface area contributed by atoms with E-state index in [1.165, 1.54) is 114 Å². The summed E-state index contributed by atoms with van der Waals surface area (Å²) in [6.07, 6.45) is 5.61. The van der Waals surface area contributed by atoms with E-state index >= 15 is 0 Å². The first kappa shape index (κ1) is 54.5. The molecule has 0 N–H and O–H groups in total. The molecule has 13 rings (SSSR count). The van der Waals surface area contributed by atoms with Crippen LogP contribution in [0.3, 0.4) is 0 Å². The predicted molar refractivity (Wildman–Crippen MR) is 353 cm³/mol. The van der Waals surface area contributed by atoms with E-state index in [0.29, 0.717) is 0 Å². The number of nitrogens with zero attached hydrogens (tertiary/aromatic N) is 2.